The Morgan fingerprint density at radius 1 is 1.04 bits per heavy atom. The van der Waals surface area contributed by atoms with Gasteiger partial charge in [-0.05, 0) is 41.8 Å². The number of ether oxygens (including phenoxy) is 2. The van der Waals surface area contributed by atoms with Crippen molar-refractivity contribution in [2.75, 3.05) is 20.8 Å². The van der Waals surface area contributed by atoms with E-state index in [2.05, 4.69) is 5.32 Å². The van der Waals surface area contributed by atoms with Crippen molar-refractivity contribution in [3.63, 3.8) is 0 Å². The van der Waals surface area contributed by atoms with Crippen LogP contribution in [0.5, 0.6) is 11.5 Å². The number of amides is 1. The second-order valence-corrected chi connectivity index (χ2v) is 5.46. The van der Waals surface area contributed by atoms with Crippen LogP contribution in [0.25, 0.3) is 0 Å². The van der Waals surface area contributed by atoms with Gasteiger partial charge in [-0.25, -0.2) is 4.79 Å². The van der Waals surface area contributed by atoms with Crippen molar-refractivity contribution < 1.29 is 24.2 Å². The number of methoxy groups -OCH3 is 2. The predicted octanol–water partition coefficient (Wildman–Crippen LogP) is 2.30. The van der Waals surface area contributed by atoms with Crippen LogP contribution < -0.4 is 14.8 Å². The van der Waals surface area contributed by atoms with Gasteiger partial charge in [0.05, 0.1) is 26.2 Å². The topological polar surface area (TPSA) is 84.9 Å². The molecule has 6 nitrogen and oxygen atoms in total. The number of carbonyl (C=O) groups excluding carboxylic acids is 1. The fraction of sp³-hybridized carbons (Fsp3) is 0.263. The summed E-state index contributed by atoms with van der Waals surface area (Å²) in [4.78, 5) is 23.0. The summed E-state index contributed by atoms with van der Waals surface area (Å²) in [7, 11) is 3.09. The highest BCUT2D eigenvalue weighted by molar-refractivity contribution is 5.88. The van der Waals surface area contributed by atoms with E-state index in [1.54, 1.807) is 13.2 Å². The fourth-order valence-corrected chi connectivity index (χ4v) is 2.41. The number of carbonyl (C=O) groups is 2. The summed E-state index contributed by atoms with van der Waals surface area (Å²) < 4.78 is 10.3. The van der Waals surface area contributed by atoms with E-state index in [1.807, 2.05) is 24.3 Å². The highest BCUT2D eigenvalue weighted by atomic mass is 16.5. The summed E-state index contributed by atoms with van der Waals surface area (Å²) in [6.45, 7) is 0.442. The summed E-state index contributed by atoms with van der Waals surface area (Å²) in [5.41, 5.74) is 1.92. The average molecular weight is 343 g/mol. The molecule has 0 aliphatic heterocycles. The summed E-state index contributed by atoms with van der Waals surface area (Å²) in [6, 6.07) is 12.1. The van der Waals surface area contributed by atoms with Crippen molar-refractivity contribution in [1.29, 1.82) is 0 Å². The molecule has 0 aliphatic carbocycles. The molecule has 0 fully saturated rings. The van der Waals surface area contributed by atoms with Gasteiger partial charge in [0.1, 0.15) is 11.5 Å². The third-order valence-electron chi connectivity index (χ3n) is 3.77. The molecule has 6 heteroatoms. The third-order valence-corrected chi connectivity index (χ3v) is 3.77. The molecule has 0 radical (unpaired) electrons. The standard InChI is InChI=1S/C19H21NO5/c1-24-16-7-3-13(4-8-16)11-18(21)20-10-9-14-5-6-15(19(22)23)12-17(14)25-2/h3-8,12H,9-11H2,1-2H3,(H,20,21)(H,22,23). The Kier molecular flexibility index (Phi) is 6.39. The zero-order valence-electron chi connectivity index (χ0n) is 14.2. The Labute approximate surface area is 146 Å². The maximum Gasteiger partial charge on any atom is 0.335 e. The number of benzene rings is 2. The molecular weight excluding hydrogens is 322 g/mol. The van der Waals surface area contributed by atoms with Crippen LogP contribution in [0, 0.1) is 0 Å². The second kappa shape index (κ2) is 8.73. The van der Waals surface area contributed by atoms with Crippen LogP contribution in [-0.2, 0) is 17.6 Å². The third kappa shape index (κ3) is 5.24. The van der Waals surface area contributed by atoms with Crippen LogP contribution >= 0.6 is 0 Å². The average Bonchev–Trinajstić information content (AvgIpc) is 2.62. The SMILES string of the molecule is COc1ccc(CC(=O)NCCc2ccc(C(=O)O)cc2OC)cc1. The van der Waals surface area contributed by atoms with Crippen LogP contribution in [-0.4, -0.2) is 37.7 Å². The molecule has 0 unspecified atom stereocenters. The number of carboxylic acid groups (broad SMARTS) is 1. The molecule has 0 spiro atoms. The van der Waals surface area contributed by atoms with Crippen molar-refractivity contribution >= 4 is 11.9 Å². The van der Waals surface area contributed by atoms with Gasteiger partial charge >= 0.3 is 5.97 Å². The van der Waals surface area contributed by atoms with E-state index in [1.165, 1.54) is 19.2 Å². The Bertz CT molecular complexity index is 740. The Balaban J connectivity index is 1.87. The van der Waals surface area contributed by atoms with Gasteiger partial charge in [0, 0.05) is 6.54 Å². The summed E-state index contributed by atoms with van der Waals surface area (Å²) in [5.74, 6) is 0.175. The molecule has 0 heterocycles. The molecule has 0 saturated heterocycles. The Morgan fingerprint density at radius 2 is 1.76 bits per heavy atom. The molecule has 0 aromatic heterocycles. The number of rotatable bonds is 8. The van der Waals surface area contributed by atoms with Crippen LogP contribution in [0.4, 0.5) is 0 Å². The zero-order valence-corrected chi connectivity index (χ0v) is 14.2. The summed E-state index contributed by atoms with van der Waals surface area (Å²) >= 11 is 0. The maximum atomic E-state index is 12.0. The highest BCUT2D eigenvalue weighted by Crippen LogP contribution is 2.20. The summed E-state index contributed by atoms with van der Waals surface area (Å²) in [6.07, 6.45) is 0.844. The second-order valence-electron chi connectivity index (χ2n) is 5.46. The lowest BCUT2D eigenvalue weighted by molar-refractivity contribution is -0.120. The summed E-state index contributed by atoms with van der Waals surface area (Å²) in [5, 5.41) is 11.9. The predicted molar refractivity (Wildman–Crippen MR) is 93.4 cm³/mol. The van der Waals surface area contributed by atoms with Crippen molar-refractivity contribution in [3.05, 3.63) is 59.2 Å². The van der Waals surface area contributed by atoms with E-state index >= 15 is 0 Å². The molecule has 132 valence electrons. The monoisotopic (exact) mass is 343 g/mol. The number of nitrogens with one attached hydrogen (secondary N) is 1. The van der Waals surface area contributed by atoms with E-state index in [0.29, 0.717) is 25.1 Å². The van der Waals surface area contributed by atoms with Gasteiger partial charge in [-0.3, -0.25) is 4.79 Å². The molecule has 0 bridgehead atoms. The lowest BCUT2D eigenvalue weighted by Gasteiger charge is -2.10. The molecule has 2 aromatic carbocycles. The van der Waals surface area contributed by atoms with E-state index < -0.39 is 5.97 Å². The van der Waals surface area contributed by atoms with E-state index in [9.17, 15) is 9.59 Å². The molecule has 2 aromatic rings. The Hall–Kier alpha value is -3.02. The minimum Gasteiger partial charge on any atom is -0.497 e. The first-order chi connectivity index (χ1) is 12.0. The van der Waals surface area contributed by atoms with Gasteiger partial charge in [-0.15, -0.1) is 0 Å². The lowest BCUT2D eigenvalue weighted by Crippen LogP contribution is -2.27. The van der Waals surface area contributed by atoms with Gasteiger partial charge in [0.2, 0.25) is 5.91 Å². The number of hydrogen-bond acceptors (Lipinski definition) is 4. The molecule has 1 amide bonds. The highest BCUT2D eigenvalue weighted by Gasteiger charge is 2.10. The van der Waals surface area contributed by atoms with Gasteiger partial charge in [-0.1, -0.05) is 18.2 Å². The zero-order chi connectivity index (χ0) is 18.2. The van der Waals surface area contributed by atoms with E-state index in [4.69, 9.17) is 14.6 Å². The van der Waals surface area contributed by atoms with Crippen molar-refractivity contribution in [2.24, 2.45) is 0 Å². The Morgan fingerprint density at radius 3 is 2.36 bits per heavy atom. The number of carboxylic acids is 1. The number of aromatic carboxylic acids is 1. The quantitative estimate of drug-likeness (QED) is 0.768. The van der Waals surface area contributed by atoms with Crippen LogP contribution in [0.3, 0.4) is 0 Å². The first-order valence-corrected chi connectivity index (χ1v) is 7.83. The fourth-order valence-electron chi connectivity index (χ4n) is 2.41. The van der Waals surface area contributed by atoms with Crippen molar-refractivity contribution in [2.45, 2.75) is 12.8 Å². The lowest BCUT2D eigenvalue weighted by atomic mass is 10.1. The van der Waals surface area contributed by atoms with Crippen LogP contribution in [0.2, 0.25) is 0 Å². The molecule has 0 atom stereocenters. The van der Waals surface area contributed by atoms with Gasteiger partial charge in [0.15, 0.2) is 0 Å². The van der Waals surface area contributed by atoms with Gasteiger partial charge < -0.3 is 19.9 Å². The van der Waals surface area contributed by atoms with Gasteiger partial charge in [-0.2, -0.15) is 0 Å². The van der Waals surface area contributed by atoms with Crippen LogP contribution in [0.1, 0.15) is 21.5 Å². The van der Waals surface area contributed by atoms with Crippen LogP contribution in [0.15, 0.2) is 42.5 Å². The molecule has 0 aliphatic rings. The molecule has 25 heavy (non-hydrogen) atoms. The molecule has 0 saturated carbocycles. The number of hydrogen-bond donors (Lipinski definition) is 2. The first kappa shape index (κ1) is 18.3. The maximum absolute atomic E-state index is 12.0. The van der Waals surface area contributed by atoms with E-state index in [-0.39, 0.29) is 11.5 Å². The van der Waals surface area contributed by atoms with Crippen molar-refractivity contribution in [1.82, 2.24) is 5.32 Å². The van der Waals surface area contributed by atoms with E-state index in [0.717, 1.165) is 16.9 Å². The molecule has 2 N–H and O–H groups in total. The molecule has 2 rings (SSSR count). The first-order valence-electron chi connectivity index (χ1n) is 7.83. The largest absolute Gasteiger partial charge is 0.497 e. The van der Waals surface area contributed by atoms with Gasteiger partial charge in [0.25, 0.3) is 0 Å². The normalized spacial score (nSPS) is 10.2. The van der Waals surface area contributed by atoms with Crippen molar-refractivity contribution in [3.8, 4) is 11.5 Å². The smallest absolute Gasteiger partial charge is 0.335 e. The minimum absolute atomic E-state index is 0.0775. The molecular formula is C19H21NO5. The minimum atomic E-state index is -1.00.